The molecule has 25 heavy (non-hydrogen) atoms. The Morgan fingerprint density at radius 3 is 2.04 bits per heavy atom. The van der Waals surface area contributed by atoms with Crippen LogP contribution < -0.4 is 15.9 Å². The zero-order valence-electron chi connectivity index (χ0n) is 15.8. The summed E-state index contributed by atoms with van der Waals surface area (Å²) < 4.78 is 18.6. The number of nitrogens with two attached hydrogens (primary N) is 1. The molecule has 1 aliphatic heterocycles. The molecule has 0 aromatic heterocycles. The van der Waals surface area contributed by atoms with E-state index in [1.165, 1.54) is 0 Å². The van der Waals surface area contributed by atoms with E-state index < -0.39 is 18.3 Å². The average Bonchev–Trinajstić information content (AvgIpc) is 2.72. The van der Waals surface area contributed by atoms with Gasteiger partial charge in [0.15, 0.2) is 0 Å². The molecule has 2 aromatic carbocycles. The summed E-state index contributed by atoms with van der Waals surface area (Å²) in [5.41, 5.74) is 8.80. The third kappa shape index (κ3) is 3.26. The second-order valence-corrected chi connectivity index (χ2v) is 7.71. The molecule has 1 fully saturated rings. The summed E-state index contributed by atoms with van der Waals surface area (Å²) in [6, 6.07) is 11.7. The number of benzene rings is 2. The molecular formula is C20H26BNO3. The molecule has 0 unspecified atom stereocenters. The zero-order valence-corrected chi connectivity index (χ0v) is 15.8. The van der Waals surface area contributed by atoms with Gasteiger partial charge in [0.1, 0.15) is 11.5 Å². The number of anilines is 1. The number of para-hydroxylation sites is 1. The number of hydrogen-bond donors (Lipinski definition) is 1. The maximum Gasteiger partial charge on any atom is 0.498 e. The molecule has 1 aliphatic rings. The average molecular weight is 339 g/mol. The maximum absolute atomic E-state index is 6.26. The predicted molar refractivity (Wildman–Crippen MR) is 103 cm³/mol. The molecule has 2 N–H and O–H groups in total. The van der Waals surface area contributed by atoms with Gasteiger partial charge in [-0.3, -0.25) is 0 Å². The Kier molecular flexibility index (Phi) is 4.34. The van der Waals surface area contributed by atoms with Gasteiger partial charge in [-0.1, -0.05) is 18.2 Å². The smallest absolute Gasteiger partial charge is 0.457 e. The molecule has 0 bridgehead atoms. The fraction of sp³-hybridized carbons (Fsp3) is 0.400. The van der Waals surface area contributed by atoms with Crippen LogP contribution >= 0.6 is 0 Å². The topological polar surface area (TPSA) is 53.7 Å². The minimum atomic E-state index is -0.521. The number of rotatable bonds is 3. The molecular weight excluding hydrogens is 313 g/mol. The van der Waals surface area contributed by atoms with E-state index in [1.54, 1.807) is 0 Å². The third-order valence-electron chi connectivity index (χ3n) is 5.16. The summed E-state index contributed by atoms with van der Waals surface area (Å²) in [6.07, 6.45) is 0. The fourth-order valence-corrected chi connectivity index (χ4v) is 2.88. The second-order valence-electron chi connectivity index (χ2n) is 7.71. The van der Waals surface area contributed by atoms with E-state index in [4.69, 9.17) is 19.8 Å². The molecule has 0 atom stereocenters. The van der Waals surface area contributed by atoms with Gasteiger partial charge in [-0.05, 0) is 70.9 Å². The summed E-state index contributed by atoms with van der Waals surface area (Å²) in [6.45, 7) is 12.2. The molecule has 0 amide bonds. The van der Waals surface area contributed by atoms with Crippen molar-refractivity contribution in [2.75, 3.05) is 5.73 Å². The molecule has 5 heteroatoms. The zero-order chi connectivity index (χ0) is 18.4. The summed E-state index contributed by atoms with van der Waals surface area (Å²) in [7, 11) is -0.521. The first-order chi connectivity index (χ1) is 11.6. The van der Waals surface area contributed by atoms with Crippen LogP contribution in [0.15, 0.2) is 36.4 Å². The van der Waals surface area contributed by atoms with Crippen LogP contribution in [0.1, 0.15) is 38.8 Å². The van der Waals surface area contributed by atoms with Crippen LogP contribution in [0.3, 0.4) is 0 Å². The van der Waals surface area contributed by atoms with Gasteiger partial charge < -0.3 is 19.8 Å². The molecule has 1 saturated heterocycles. The van der Waals surface area contributed by atoms with Gasteiger partial charge in [-0.2, -0.15) is 0 Å². The number of hydrogen-bond acceptors (Lipinski definition) is 4. The number of nitrogen functional groups attached to an aromatic ring is 1. The van der Waals surface area contributed by atoms with Crippen molar-refractivity contribution in [1.82, 2.24) is 0 Å². The van der Waals surface area contributed by atoms with Crippen LogP contribution in [0.5, 0.6) is 11.5 Å². The summed E-state index contributed by atoms with van der Waals surface area (Å²) >= 11 is 0. The first kappa shape index (κ1) is 17.8. The van der Waals surface area contributed by atoms with Crippen LogP contribution in [0.4, 0.5) is 5.69 Å². The van der Waals surface area contributed by atoms with Crippen molar-refractivity contribution in [3.8, 4) is 11.5 Å². The molecule has 0 spiro atoms. The number of ether oxygens (including phenoxy) is 1. The van der Waals surface area contributed by atoms with Crippen molar-refractivity contribution in [3.63, 3.8) is 0 Å². The molecule has 0 saturated carbocycles. The van der Waals surface area contributed by atoms with Gasteiger partial charge in [0.25, 0.3) is 0 Å². The molecule has 132 valence electrons. The van der Waals surface area contributed by atoms with Crippen molar-refractivity contribution < 1.29 is 14.0 Å². The minimum Gasteiger partial charge on any atom is -0.457 e. The van der Waals surface area contributed by atoms with Gasteiger partial charge >= 0.3 is 7.12 Å². The van der Waals surface area contributed by atoms with Crippen LogP contribution in [-0.4, -0.2) is 18.3 Å². The Balaban J connectivity index is 2.00. The summed E-state index contributed by atoms with van der Waals surface area (Å²) in [4.78, 5) is 0. The standard InChI is InChI=1S/C20H26BNO3/c1-13-8-7-9-14(2)18(13)23-17-11-10-15(22)12-16(17)21-24-19(3,4)20(5,6)25-21/h7-12H,22H2,1-6H3. The van der Waals surface area contributed by atoms with Gasteiger partial charge in [-0.25, -0.2) is 0 Å². The van der Waals surface area contributed by atoms with Crippen molar-refractivity contribution in [2.24, 2.45) is 0 Å². The highest BCUT2D eigenvalue weighted by Crippen LogP contribution is 2.38. The van der Waals surface area contributed by atoms with E-state index in [1.807, 2.05) is 77.9 Å². The highest BCUT2D eigenvalue weighted by molar-refractivity contribution is 6.63. The lowest BCUT2D eigenvalue weighted by Crippen LogP contribution is -2.41. The summed E-state index contributed by atoms with van der Waals surface area (Å²) in [5, 5.41) is 0. The fourth-order valence-electron chi connectivity index (χ4n) is 2.88. The van der Waals surface area contributed by atoms with Gasteiger partial charge in [0.05, 0.1) is 11.2 Å². The van der Waals surface area contributed by atoms with E-state index in [2.05, 4.69) is 0 Å². The van der Waals surface area contributed by atoms with Gasteiger partial charge in [0, 0.05) is 11.2 Å². The maximum atomic E-state index is 6.26. The minimum absolute atomic E-state index is 0.419. The van der Waals surface area contributed by atoms with Gasteiger partial charge in [-0.15, -0.1) is 0 Å². The largest absolute Gasteiger partial charge is 0.498 e. The van der Waals surface area contributed by atoms with Crippen molar-refractivity contribution >= 4 is 18.3 Å². The van der Waals surface area contributed by atoms with Crippen LogP contribution in [0, 0.1) is 13.8 Å². The Bertz CT molecular complexity index is 765. The van der Waals surface area contributed by atoms with Crippen molar-refractivity contribution in [3.05, 3.63) is 47.5 Å². The predicted octanol–water partition coefficient (Wildman–Crippen LogP) is 3.98. The van der Waals surface area contributed by atoms with E-state index in [0.29, 0.717) is 11.4 Å². The molecule has 0 radical (unpaired) electrons. The van der Waals surface area contributed by atoms with E-state index >= 15 is 0 Å². The Hall–Kier alpha value is -1.98. The monoisotopic (exact) mass is 339 g/mol. The lowest BCUT2D eigenvalue weighted by molar-refractivity contribution is 0.00578. The highest BCUT2D eigenvalue weighted by Gasteiger charge is 2.52. The summed E-state index contributed by atoms with van der Waals surface area (Å²) in [5.74, 6) is 1.55. The van der Waals surface area contributed by atoms with Crippen LogP contribution in [0.2, 0.25) is 0 Å². The lowest BCUT2D eigenvalue weighted by atomic mass is 9.78. The molecule has 4 nitrogen and oxygen atoms in total. The Morgan fingerprint density at radius 2 is 1.48 bits per heavy atom. The molecule has 3 rings (SSSR count). The van der Waals surface area contributed by atoms with Crippen LogP contribution in [-0.2, 0) is 9.31 Å². The third-order valence-corrected chi connectivity index (χ3v) is 5.16. The Labute approximate surface area is 150 Å². The molecule has 0 aliphatic carbocycles. The van der Waals surface area contributed by atoms with Crippen LogP contribution in [0.25, 0.3) is 0 Å². The first-order valence-electron chi connectivity index (χ1n) is 8.60. The molecule has 1 heterocycles. The normalized spacial score (nSPS) is 18.4. The number of aryl methyl sites for hydroxylation is 2. The van der Waals surface area contributed by atoms with E-state index in [9.17, 15) is 0 Å². The SMILES string of the molecule is Cc1cccc(C)c1Oc1ccc(N)cc1B1OC(C)(C)C(C)(C)O1. The Morgan fingerprint density at radius 1 is 0.920 bits per heavy atom. The van der Waals surface area contributed by atoms with Crippen molar-refractivity contribution in [2.45, 2.75) is 52.7 Å². The van der Waals surface area contributed by atoms with E-state index in [0.717, 1.165) is 22.3 Å². The van der Waals surface area contributed by atoms with Gasteiger partial charge in [0.2, 0.25) is 0 Å². The van der Waals surface area contributed by atoms with E-state index in [-0.39, 0.29) is 0 Å². The highest BCUT2D eigenvalue weighted by atomic mass is 16.7. The quantitative estimate of drug-likeness (QED) is 0.679. The second kappa shape index (κ2) is 6.08. The molecule has 2 aromatic rings. The first-order valence-corrected chi connectivity index (χ1v) is 8.60. The van der Waals surface area contributed by atoms with Crippen molar-refractivity contribution in [1.29, 1.82) is 0 Å². The lowest BCUT2D eigenvalue weighted by Gasteiger charge is -2.32.